The number of carbonyl (C=O) groups excluding carboxylic acids is 1. The fourth-order valence-corrected chi connectivity index (χ4v) is 2.53. The molecule has 1 fully saturated rings. The van der Waals surface area contributed by atoms with Crippen molar-refractivity contribution in [3.8, 4) is 0 Å². The van der Waals surface area contributed by atoms with Crippen molar-refractivity contribution in [2.24, 2.45) is 0 Å². The number of carbonyl (C=O) groups is 1. The third-order valence-electron chi connectivity index (χ3n) is 3.73. The second-order valence-electron chi connectivity index (χ2n) is 5.34. The lowest BCUT2D eigenvalue weighted by Crippen LogP contribution is -2.43. The zero-order valence-corrected chi connectivity index (χ0v) is 12.7. The molecular weight excluding hydrogens is 295 g/mol. The Hall–Kier alpha value is -2.60. The van der Waals surface area contributed by atoms with E-state index in [1.54, 1.807) is 12.1 Å². The first-order valence-corrected chi connectivity index (χ1v) is 7.60. The van der Waals surface area contributed by atoms with Gasteiger partial charge in [0.25, 0.3) is 0 Å². The van der Waals surface area contributed by atoms with Crippen LogP contribution < -0.4 is 20.9 Å². The molecule has 6 heteroatoms. The number of benzene rings is 2. The summed E-state index contributed by atoms with van der Waals surface area (Å²) in [5, 5.41) is 8.51. The van der Waals surface area contributed by atoms with E-state index in [2.05, 4.69) is 20.9 Å². The zero-order chi connectivity index (χ0) is 16.1. The molecule has 1 heterocycles. The molecular formula is C17H19FN4O. The van der Waals surface area contributed by atoms with E-state index < -0.39 is 11.8 Å². The predicted octanol–water partition coefficient (Wildman–Crippen LogP) is 2.88. The van der Waals surface area contributed by atoms with Crippen molar-refractivity contribution >= 4 is 23.1 Å². The highest BCUT2D eigenvalue weighted by molar-refractivity contribution is 5.99. The van der Waals surface area contributed by atoms with Crippen molar-refractivity contribution in [2.75, 3.05) is 41.7 Å². The molecule has 0 radical (unpaired) electrons. The number of urea groups is 1. The van der Waals surface area contributed by atoms with Gasteiger partial charge in [-0.2, -0.15) is 0 Å². The highest BCUT2D eigenvalue weighted by Gasteiger charge is 2.11. The first-order valence-electron chi connectivity index (χ1n) is 7.60. The van der Waals surface area contributed by atoms with E-state index in [1.165, 1.54) is 12.1 Å². The van der Waals surface area contributed by atoms with Crippen LogP contribution in [0.2, 0.25) is 0 Å². The third-order valence-corrected chi connectivity index (χ3v) is 3.73. The molecule has 23 heavy (non-hydrogen) atoms. The van der Waals surface area contributed by atoms with Crippen LogP contribution in [0.1, 0.15) is 0 Å². The lowest BCUT2D eigenvalue weighted by molar-refractivity contribution is 0.262. The normalized spacial score (nSPS) is 14.4. The number of para-hydroxylation sites is 1. The number of nitrogens with one attached hydrogen (secondary N) is 3. The van der Waals surface area contributed by atoms with Gasteiger partial charge in [0.15, 0.2) is 0 Å². The molecule has 3 N–H and O–H groups in total. The molecule has 0 unspecified atom stereocenters. The average Bonchev–Trinajstić information content (AvgIpc) is 2.58. The van der Waals surface area contributed by atoms with Crippen LogP contribution in [0.25, 0.3) is 0 Å². The van der Waals surface area contributed by atoms with Gasteiger partial charge in [-0.05, 0) is 36.4 Å². The molecule has 0 saturated carbocycles. The molecule has 5 nitrogen and oxygen atoms in total. The maximum Gasteiger partial charge on any atom is 0.323 e. The lowest BCUT2D eigenvalue weighted by atomic mass is 10.2. The quantitative estimate of drug-likeness (QED) is 0.816. The largest absolute Gasteiger partial charge is 0.369 e. The number of nitrogens with zero attached hydrogens (tertiary/aromatic N) is 1. The Labute approximate surface area is 134 Å². The number of halogens is 1. The smallest absolute Gasteiger partial charge is 0.323 e. The fourth-order valence-electron chi connectivity index (χ4n) is 2.53. The van der Waals surface area contributed by atoms with Crippen LogP contribution in [0.5, 0.6) is 0 Å². The molecule has 1 aliphatic heterocycles. The summed E-state index contributed by atoms with van der Waals surface area (Å²) in [6.07, 6.45) is 0. The van der Waals surface area contributed by atoms with Crippen molar-refractivity contribution in [1.29, 1.82) is 0 Å². The van der Waals surface area contributed by atoms with E-state index >= 15 is 0 Å². The maximum atomic E-state index is 13.5. The SMILES string of the molecule is O=C(Nc1ccc(N2CCNCC2)cc1)Nc1ccccc1F. The summed E-state index contributed by atoms with van der Waals surface area (Å²) >= 11 is 0. The van der Waals surface area contributed by atoms with Crippen molar-refractivity contribution in [1.82, 2.24) is 5.32 Å². The van der Waals surface area contributed by atoms with E-state index in [0.29, 0.717) is 5.69 Å². The molecule has 0 aliphatic carbocycles. The molecule has 2 aromatic carbocycles. The highest BCUT2D eigenvalue weighted by Crippen LogP contribution is 2.19. The molecule has 120 valence electrons. The summed E-state index contributed by atoms with van der Waals surface area (Å²) in [6.45, 7) is 3.90. The van der Waals surface area contributed by atoms with Gasteiger partial charge < -0.3 is 20.9 Å². The fraction of sp³-hybridized carbons (Fsp3) is 0.235. The minimum Gasteiger partial charge on any atom is -0.369 e. The van der Waals surface area contributed by atoms with Crippen LogP contribution in [0.15, 0.2) is 48.5 Å². The molecule has 1 saturated heterocycles. The van der Waals surface area contributed by atoms with Crippen molar-refractivity contribution in [2.45, 2.75) is 0 Å². The van der Waals surface area contributed by atoms with E-state index in [4.69, 9.17) is 0 Å². The summed E-state index contributed by atoms with van der Waals surface area (Å²) < 4.78 is 13.5. The van der Waals surface area contributed by atoms with E-state index in [1.807, 2.05) is 24.3 Å². The molecule has 2 aromatic rings. The van der Waals surface area contributed by atoms with Crippen LogP contribution >= 0.6 is 0 Å². The number of hydrogen-bond donors (Lipinski definition) is 3. The maximum absolute atomic E-state index is 13.5. The van der Waals surface area contributed by atoms with Crippen molar-refractivity contribution in [3.63, 3.8) is 0 Å². The molecule has 2 amide bonds. The molecule has 0 aromatic heterocycles. The number of hydrogen-bond acceptors (Lipinski definition) is 3. The molecule has 0 bridgehead atoms. The van der Waals surface area contributed by atoms with Crippen molar-refractivity contribution in [3.05, 3.63) is 54.3 Å². The number of anilines is 3. The number of piperazine rings is 1. The second-order valence-corrected chi connectivity index (χ2v) is 5.34. The third kappa shape index (κ3) is 3.98. The van der Waals surface area contributed by atoms with Gasteiger partial charge in [0.1, 0.15) is 5.82 Å². The first-order chi connectivity index (χ1) is 11.2. The van der Waals surface area contributed by atoms with Crippen LogP contribution in [-0.2, 0) is 0 Å². The topological polar surface area (TPSA) is 56.4 Å². The van der Waals surface area contributed by atoms with Gasteiger partial charge in [0.2, 0.25) is 0 Å². The van der Waals surface area contributed by atoms with E-state index in [-0.39, 0.29) is 5.69 Å². The van der Waals surface area contributed by atoms with Gasteiger partial charge in [-0.3, -0.25) is 0 Å². The summed E-state index contributed by atoms with van der Waals surface area (Å²) in [6, 6.07) is 13.2. The zero-order valence-electron chi connectivity index (χ0n) is 12.7. The van der Waals surface area contributed by atoms with Crippen molar-refractivity contribution < 1.29 is 9.18 Å². The van der Waals surface area contributed by atoms with Gasteiger partial charge in [0, 0.05) is 37.6 Å². The summed E-state index contributed by atoms with van der Waals surface area (Å²) in [7, 11) is 0. The van der Waals surface area contributed by atoms with Crippen LogP contribution in [-0.4, -0.2) is 32.2 Å². The monoisotopic (exact) mass is 314 g/mol. The van der Waals surface area contributed by atoms with Gasteiger partial charge in [-0.25, -0.2) is 9.18 Å². The van der Waals surface area contributed by atoms with Gasteiger partial charge in [-0.1, -0.05) is 12.1 Å². The van der Waals surface area contributed by atoms with E-state index in [9.17, 15) is 9.18 Å². The first kappa shape index (κ1) is 15.3. The van der Waals surface area contributed by atoms with Gasteiger partial charge in [0.05, 0.1) is 5.69 Å². The Kier molecular flexibility index (Phi) is 4.73. The second kappa shape index (κ2) is 7.11. The van der Waals surface area contributed by atoms with Gasteiger partial charge in [-0.15, -0.1) is 0 Å². The van der Waals surface area contributed by atoms with Crippen LogP contribution in [0.4, 0.5) is 26.2 Å². The Morgan fingerprint density at radius 3 is 2.39 bits per heavy atom. The predicted molar refractivity (Wildman–Crippen MR) is 90.6 cm³/mol. The average molecular weight is 314 g/mol. The Balaban J connectivity index is 1.59. The van der Waals surface area contributed by atoms with E-state index in [0.717, 1.165) is 31.9 Å². The highest BCUT2D eigenvalue weighted by atomic mass is 19.1. The molecule has 0 spiro atoms. The minimum atomic E-state index is -0.468. The standard InChI is InChI=1S/C17H19FN4O/c18-15-3-1-2-4-16(15)21-17(23)20-13-5-7-14(8-6-13)22-11-9-19-10-12-22/h1-8,19H,9-12H2,(H2,20,21,23). The molecule has 1 aliphatic rings. The summed E-state index contributed by atoms with van der Waals surface area (Å²) in [4.78, 5) is 14.2. The Bertz CT molecular complexity index is 669. The van der Waals surface area contributed by atoms with Gasteiger partial charge >= 0.3 is 6.03 Å². The number of amides is 2. The number of rotatable bonds is 3. The Morgan fingerprint density at radius 2 is 1.70 bits per heavy atom. The molecule has 0 atom stereocenters. The lowest BCUT2D eigenvalue weighted by Gasteiger charge is -2.29. The summed E-state index contributed by atoms with van der Waals surface area (Å²) in [5.74, 6) is -0.461. The van der Waals surface area contributed by atoms with Crippen LogP contribution in [0.3, 0.4) is 0 Å². The Morgan fingerprint density at radius 1 is 1.00 bits per heavy atom. The van der Waals surface area contributed by atoms with Crippen LogP contribution in [0, 0.1) is 5.82 Å². The molecule has 3 rings (SSSR count). The minimum absolute atomic E-state index is 0.155. The summed E-state index contributed by atoms with van der Waals surface area (Å²) in [5.41, 5.74) is 1.95.